The van der Waals surface area contributed by atoms with Crippen molar-refractivity contribution in [3.8, 4) is 11.5 Å². The second-order valence-electron chi connectivity index (χ2n) is 7.91. The summed E-state index contributed by atoms with van der Waals surface area (Å²) in [4.78, 5) is 22.1. The molecule has 0 aliphatic carbocycles. The number of methoxy groups -OCH3 is 2. The van der Waals surface area contributed by atoms with Crippen LogP contribution in [0.25, 0.3) is 11.0 Å². The van der Waals surface area contributed by atoms with Gasteiger partial charge in [0, 0.05) is 24.9 Å². The summed E-state index contributed by atoms with van der Waals surface area (Å²) in [6.07, 6.45) is 2.82. The number of ether oxygens (including phenoxy) is 2. The van der Waals surface area contributed by atoms with Gasteiger partial charge in [-0.15, -0.1) is 0 Å². The molecule has 0 fully saturated rings. The van der Waals surface area contributed by atoms with Crippen LogP contribution in [0.4, 0.5) is 5.82 Å². The summed E-state index contributed by atoms with van der Waals surface area (Å²) in [5.41, 5.74) is 1.20. The highest BCUT2D eigenvalue weighted by Gasteiger charge is 2.16. The Balaban J connectivity index is 1.74. The third-order valence-corrected chi connectivity index (χ3v) is 5.90. The number of hydrogen-bond donors (Lipinski definition) is 2. The van der Waals surface area contributed by atoms with Crippen LogP contribution in [0.1, 0.15) is 37.6 Å². The van der Waals surface area contributed by atoms with Gasteiger partial charge in [-0.1, -0.05) is 32.5 Å². The molecule has 0 atom stereocenters. The van der Waals surface area contributed by atoms with Crippen LogP contribution in [-0.4, -0.2) is 58.7 Å². The van der Waals surface area contributed by atoms with Gasteiger partial charge in [-0.2, -0.15) is 5.10 Å². The maximum Gasteiger partial charge on any atom is 0.255 e. The fourth-order valence-corrected chi connectivity index (χ4v) is 3.84. The van der Waals surface area contributed by atoms with E-state index in [9.17, 15) is 4.79 Å². The van der Waals surface area contributed by atoms with Crippen molar-refractivity contribution in [2.24, 2.45) is 5.92 Å². The van der Waals surface area contributed by atoms with Crippen LogP contribution < -0.4 is 20.1 Å². The van der Waals surface area contributed by atoms with Crippen LogP contribution in [0, 0.1) is 5.92 Å². The number of benzene rings is 1. The van der Waals surface area contributed by atoms with Crippen molar-refractivity contribution < 1.29 is 14.3 Å². The minimum Gasteiger partial charge on any atom is -0.497 e. The fraction of sp³-hybridized carbons (Fsp3) is 0.478. The Kier molecular flexibility index (Phi) is 8.76. The lowest BCUT2D eigenvalue weighted by Gasteiger charge is -2.12. The average molecular weight is 473 g/mol. The number of nitrogens with zero attached hydrogens (tertiary/aromatic N) is 4. The van der Waals surface area contributed by atoms with E-state index in [1.54, 1.807) is 47.9 Å². The maximum atomic E-state index is 12.7. The van der Waals surface area contributed by atoms with E-state index < -0.39 is 0 Å². The van der Waals surface area contributed by atoms with Gasteiger partial charge in [0.1, 0.15) is 17.3 Å². The standard InChI is InChI=1S/C23H32N6O3S/c1-6-11-33-23-27-20(25-13-15(2)3)18-14-26-29(21(18)28-23)10-9-24-22(30)17-8-7-16(31-4)12-19(17)32-5/h7-8,12,14-15H,6,9-11,13H2,1-5H3,(H,24,30)(H,25,27,28). The minimum atomic E-state index is -0.223. The largest absolute Gasteiger partial charge is 0.497 e. The molecule has 0 unspecified atom stereocenters. The average Bonchev–Trinajstić information content (AvgIpc) is 3.23. The Morgan fingerprint density at radius 1 is 1.21 bits per heavy atom. The van der Waals surface area contributed by atoms with Crippen molar-refractivity contribution >= 4 is 34.5 Å². The summed E-state index contributed by atoms with van der Waals surface area (Å²) < 4.78 is 12.3. The highest BCUT2D eigenvalue weighted by atomic mass is 32.2. The first-order chi connectivity index (χ1) is 16.0. The molecule has 2 heterocycles. The lowest BCUT2D eigenvalue weighted by atomic mass is 10.1. The highest BCUT2D eigenvalue weighted by molar-refractivity contribution is 7.99. The molecule has 2 aromatic heterocycles. The number of anilines is 1. The number of amides is 1. The summed E-state index contributed by atoms with van der Waals surface area (Å²) in [6.45, 7) is 8.13. The van der Waals surface area contributed by atoms with Crippen LogP contribution in [0.5, 0.6) is 11.5 Å². The van der Waals surface area contributed by atoms with Crippen LogP contribution in [-0.2, 0) is 6.54 Å². The first-order valence-corrected chi connectivity index (χ1v) is 12.1. The number of carbonyl (C=O) groups excluding carboxylic acids is 1. The van der Waals surface area contributed by atoms with E-state index in [1.807, 2.05) is 0 Å². The molecule has 3 aromatic rings. The van der Waals surface area contributed by atoms with Gasteiger partial charge in [-0.05, 0) is 24.5 Å². The minimum absolute atomic E-state index is 0.223. The van der Waals surface area contributed by atoms with E-state index in [-0.39, 0.29) is 5.91 Å². The fourth-order valence-electron chi connectivity index (χ4n) is 3.15. The Bertz CT molecular complexity index is 1090. The zero-order valence-electron chi connectivity index (χ0n) is 19.8. The number of hydrogen-bond acceptors (Lipinski definition) is 8. The number of nitrogens with one attached hydrogen (secondary N) is 2. The van der Waals surface area contributed by atoms with E-state index in [2.05, 4.69) is 36.5 Å². The molecule has 0 radical (unpaired) electrons. The first kappa shape index (κ1) is 24.6. The smallest absolute Gasteiger partial charge is 0.255 e. The van der Waals surface area contributed by atoms with E-state index in [0.29, 0.717) is 36.1 Å². The Hall–Kier alpha value is -3.01. The second kappa shape index (κ2) is 11.7. The van der Waals surface area contributed by atoms with Crippen LogP contribution in [0.2, 0.25) is 0 Å². The Morgan fingerprint density at radius 2 is 2.03 bits per heavy atom. The molecular weight excluding hydrogens is 440 g/mol. The van der Waals surface area contributed by atoms with Gasteiger partial charge in [-0.3, -0.25) is 4.79 Å². The number of fused-ring (bicyclic) bond motifs is 1. The number of aromatic nitrogens is 4. The number of rotatable bonds is 12. The molecule has 0 spiro atoms. The molecule has 0 saturated heterocycles. The molecule has 33 heavy (non-hydrogen) atoms. The van der Waals surface area contributed by atoms with E-state index in [1.165, 1.54) is 7.11 Å². The summed E-state index contributed by atoms with van der Waals surface area (Å²) in [5, 5.41) is 12.5. The van der Waals surface area contributed by atoms with Crippen LogP contribution in [0.3, 0.4) is 0 Å². The topological polar surface area (TPSA) is 103 Å². The molecular formula is C23H32N6O3S. The van der Waals surface area contributed by atoms with E-state index in [4.69, 9.17) is 19.4 Å². The molecule has 0 aliphatic rings. The third kappa shape index (κ3) is 6.28. The molecule has 0 aliphatic heterocycles. The van der Waals surface area contributed by atoms with Crippen molar-refractivity contribution in [1.29, 1.82) is 0 Å². The molecule has 1 amide bonds. The molecule has 9 nitrogen and oxygen atoms in total. The SMILES string of the molecule is CCCSc1nc(NCC(C)C)c2cnn(CCNC(=O)c3ccc(OC)cc3OC)c2n1. The van der Waals surface area contributed by atoms with E-state index >= 15 is 0 Å². The van der Waals surface area contributed by atoms with Gasteiger partial charge >= 0.3 is 0 Å². The van der Waals surface area contributed by atoms with Crippen molar-refractivity contribution in [3.63, 3.8) is 0 Å². The van der Waals surface area contributed by atoms with Crippen LogP contribution in [0.15, 0.2) is 29.6 Å². The monoisotopic (exact) mass is 472 g/mol. The maximum absolute atomic E-state index is 12.7. The third-order valence-electron chi connectivity index (χ3n) is 4.85. The Labute approximate surface area is 198 Å². The van der Waals surface area contributed by atoms with Gasteiger partial charge < -0.3 is 20.1 Å². The Morgan fingerprint density at radius 3 is 2.73 bits per heavy atom. The van der Waals surface area contributed by atoms with Crippen molar-refractivity contribution in [2.75, 3.05) is 38.4 Å². The molecule has 3 rings (SSSR count). The van der Waals surface area contributed by atoms with E-state index in [0.717, 1.165) is 40.7 Å². The first-order valence-electron chi connectivity index (χ1n) is 11.1. The predicted molar refractivity (Wildman–Crippen MR) is 132 cm³/mol. The van der Waals surface area contributed by atoms with Crippen molar-refractivity contribution in [2.45, 2.75) is 38.9 Å². The molecule has 0 bridgehead atoms. The van der Waals surface area contributed by atoms with Gasteiger partial charge in [-0.25, -0.2) is 14.6 Å². The number of thioether (sulfide) groups is 1. The highest BCUT2D eigenvalue weighted by Crippen LogP contribution is 2.26. The predicted octanol–water partition coefficient (Wildman–Crippen LogP) is 3.84. The molecule has 1 aromatic carbocycles. The lowest BCUT2D eigenvalue weighted by Crippen LogP contribution is -2.28. The van der Waals surface area contributed by atoms with Crippen molar-refractivity contribution in [1.82, 2.24) is 25.1 Å². The summed E-state index contributed by atoms with van der Waals surface area (Å²) >= 11 is 1.63. The zero-order chi connectivity index (χ0) is 23.8. The quantitative estimate of drug-likeness (QED) is 0.303. The van der Waals surface area contributed by atoms with Gasteiger partial charge in [0.2, 0.25) is 0 Å². The molecule has 2 N–H and O–H groups in total. The van der Waals surface area contributed by atoms with Crippen LogP contribution >= 0.6 is 11.8 Å². The normalized spacial score (nSPS) is 11.1. The van der Waals surface area contributed by atoms with Gasteiger partial charge in [0.25, 0.3) is 5.91 Å². The molecule has 0 saturated carbocycles. The summed E-state index contributed by atoms with van der Waals surface area (Å²) in [5.74, 6) is 3.10. The second-order valence-corrected chi connectivity index (χ2v) is 8.97. The lowest BCUT2D eigenvalue weighted by molar-refractivity contribution is 0.0949. The summed E-state index contributed by atoms with van der Waals surface area (Å²) in [6, 6.07) is 5.11. The van der Waals surface area contributed by atoms with Gasteiger partial charge in [0.15, 0.2) is 10.8 Å². The summed E-state index contributed by atoms with van der Waals surface area (Å²) in [7, 11) is 3.10. The van der Waals surface area contributed by atoms with Crippen molar-refractivity contribution in [3.05, 3.63) is 30.0 Å². The zero-order valence-corrected chi connectivity index (χ0v) is 20.7. The van der Waals surface area contributed by atoms with Gasteiger partial charge in [0.05, 0.1) is 37.9 Å². The number of carbonyl (C=O) groups is 1. The molecule has 178 valence electrons. The molecule has 10 heteroatoms.